The molecule has 1 aromatic heterocycles. The van der Waals surface area contributed by atoms with Crippen molar-refractivity contribution in [1.29, 1.82) is 0 Å². The molecule has 1 fully saturated rings. The number of morpholine rings is 1. The smallest absolute Gasteiger partial charge is 0.163 e. The van der Waals surface area contributed by atoms with Gasteiger partial charge in [-0.25, -0.2) is 8.78 Å². The first-order valence-corrected chi connectivity index (χ1v) is 13.3. The zero-order valence-electron chi connectivity index (χ0n) is 18.5. The Kier molecular flexibility index (Phi) is 4.96. The number of hydrogen-bond donors (Lipinski definition) is 1. The maximum atomic E-state index is 15.3. The molecule has 0 spiro atoms. The van der Waals surface area contributed by atoms with Gasteiger partial charge in [0.15, 0.2) is 11.6 Å². The fourth-order valence-corrected chi connectivity index (χ4v) is 7.54. The van der Waals surface area contributed by atoms with Crippen LogP contribution in [0.25, 0.3) is 10.1 Å². The lowest BCUT2D eigenvalue weighted by atomic mass is 9.92. The molecule has 2 atom stereocenters. The molecule has 0 bridgehead atoms. The largest absolute Gasteiger partial charge is 0.506 e. The molecule has 0 radical (unpaired) electrons. The quantitative estimate of drug-likeness (QED) is 0.442. The fraction of sp³-hybridized carbons (Fsp3) is 0.231. The molecular formula is C26H21F2N3O2S2. The van der Waals surface area contributed by atoms with Crippen LogP contribution in [0.4, 0.5) is 8.78 Å². The van der Waals surface area contributed by atoms with Gasteiger partial charge in [-0.05, 0) is 46.9 Å². The molecular weight excluding hydrogens is 488 g/mol. The number of nitrogens with zero attached hydrogens (tertiary/aromatic N) is 3. The average Bonchev–Trinajstić information content (AvgIpc) is 3.29. The monoisotopic (exact) mass is 509 g/mol. The van der Waals surface area contributed by atoms with Gasteiger partial charge in [0.1, 0.15) is 17.6 Å². The van der Waals surface area contributed by atoms with Crippen LogP contribution in [0.3, 0.4) is 0 Å². The Balaban J connectivity index is 1.51. The topological polar surface area (TPSA) is 39.2 Å². The summed E-state index contributed by atoms with van der Waals surface area (Å²) in [5.74, 6) is -1.14. The number of aliphatic hydroxyl groups is 1. The van der Waals surface area contributed by atoms with Crippen molar-refractivity contribution < 1.29 is 18.6 Å². The molecule has 178 valence electrons. The van der Waals surface area contributed by atoms with Gasteiger partial charge in [0.2, 0.25) is 0 Å². The van der Waals surface area contributed by atoms with Gasteiger partial charge in [-0.2, -0.15) is 5.01 Å². The third kappa shape index (κ3) is 3.19. The Bertz CT molecular complexity index is 1450. The van der Waals surface area contributed by atoms with Crippen LogP contribution in [0.15, 0.2) is 76.6 Å². The minimum absolute atomic E-state index is 0.157. The number of hydrogen-bond acceptors (Lipinski definition) is 7. The Labute approximate surface area is 209 Å². The maximum Gasteiger partial charge on any atom is 0.163 e. The van der Waals surface area contributed by atoms with Crippen molar-refractivity contribution >= 4 is 33.2 Å². The van der Waals surface area contributed by atoms with Gasteiger partial charge in [0.25, 0.3) is 0 Å². The van der Waals surface area contributed by atoms with Gasteiger partial charge >= 0.3 is 0 Å². The summed E-state index contributed by atoms with van der Waals surface area (Å²) in [4.78, 5) is 3.24. The third-order valence-corrected chi connectivity index (χ3v) is 9.10. The molecule has 0 amide bonds. The highest BCUT2D eigenvalue weighted by molar-refractivity contribution is 7.98. The summed E-state index contributed by atoms with van der Waals surface area (Å²) in [6.07, 6.45) is 7.12. The number of halogens is 2. The van der Waals surface area contributed by atoms with Crippen molar-refractivity contribution in [2.75, 3.05) is 19.8 Å². The van der Waals surface area contributed by atoms with E-state index in [-0.39, 0.29) is 11.9 Å². The van der Waals surface area contributed by atoms with E-state index in [9.17, 15) is 9.50 Å². The molecule has 35 heavy (non-hydrogen) atoms. The highest BCUT2D eigenvalue weighted by atomic mass is 32.2. The van der Waals surface area contributed by atoms with E-state index in [1.165, 1.54) is 6.07 Å². The number of aliphatic hydroxyl groups excluding tert-OH is 1. The molecule has 5 heterocycles. The highest BCUT2D eigenvalue weighted by Gasteiger charge is 2.44. The zero-order chi connectivity index (χ0) is 23.7. The molecule has 0 aliphatic carbocycles. The van der Waals surface area contributed by atoms with Crippen molar-refractivity contribution in [3.63, 3.8) is 0 Å². The summed E-state index contributed by atoms with van der Waals surface area (Å²) in [7, 11) is 0. The molecule has 5 nitrogen and oxygen atoms in total. The molecule has 0 unspecified atom stereocenters. The van der Waals surface area contributed by atoms with E-state index >= 15 is 4.39 Å². The van der Waals surface area contributed by atoms with Crippen LogP contribution in [0.2, 0.25) is 0 Å². The second-order valence-electron chi connectivity index (χ2n) is 8.86. The van der Waals surface area contributed by atoms with E-state index in [0.29, 0.717) is 36.8 Å². The second-order valence-corrected chi connectivity index (χ2v) is 10.8. The van der Waals surface area contributed by atoms with Crippen molar-refractivity contribution in [2.45, 2.75) is 22.9 Å². The summed E-state index contributed by atoms with van der Waals surface area (Å²) in [5, 5.41) is 18.0. The highest BCUT2D eigenvalue weighted by Crippen LogP contribution is 2.49. The minimum atomic E-state index is -0.838. The van der Waals surface area contributed by atoms with E-state index in [4.69, 9.17) is 4.74 Å². The van der Waals surface area contributed by atoms with Gasteiger partial charge in [-0.1, -0.05) is 12.1 Å². The van der Waals surface area contributed by atoms with Crippen LogP contribution in [-0.4, -0.2) is 45.9 Å². The number of fused-ring (bicyclic) bond motifs is 6. The first kappa shape index (κ1) is 21.4. The van der Waals surface area contributed by atoms with Gasteiger partial charge < -0.3 is 14.7 Å². The predicted octanol–water partition coefficient (Wildman–Crippen LogP) is 5.88. The molecule has 2 aromatic carbocycles. The summed E-state index contributed by atoms with van der Waals surface area (Å²) >= 11 is 3.22. The van der Waals surface area contributed by atoms with Crippen LogP contribution in [0.1, 0.15) is 22.7 Å². The lowest BCUT2D eigenvalue weighted by Crippen LogP contribution is -2.62. The Morgan fingerprint density at radius 2 is 1.97 bits per heavy atom. The van der Waals surface area contributed by atoms with Gasteiger partial charge in [-0.15, -0.1) is 23.1 Å². The first-order valence-electron chi connectivity index (χ1n) is 11.4. The van der Waals surface area contributed by atoms with Crippen molar-refractivity contribution in [3.8, 4) is 0 Å². The molecule has 9 heteroatoms. The van der Waals surface area contributed by atoms with E-state index in [1.807, 2.05) is 17.4 Å². The number of allylic oxidation sites excluding steroid dienone is 2. The lowest BCUT2D eigenvalue weighted by Gasteiger charge is -2.53. The predicted molar refractivity (Wildman–Crippen MR) is 133 cm³/mol. The molecule has 3 aromatic rings. The van der Waals surface area contributed by atoms with Gasteiger partial charge in [-0.3, -0.25) is 5.01 Å². The van der Waals surface area contributed by atoms with Crippen LogP contribution < -0.4 is 0 Å². The summed E-state index contributed by atoms with van der Waals surface area (Å²) in [6, 6.07) is 8.82. The summed E-state index contributed by atoms with van der Waals surface area (Å²) in [5.41, 5.74) is 2.77. The van der Waals surface area contributed by atoms with Gasteiger partial charge in [0, 0.05) is 45.2 Å². The molecule has 7 rings (SSSR count). The van der Waals surface area contributed by atoms with Crippen molar-refractivity contribution in [1.82, 2.24) is 14.9 Å². The van der Waals surface area contributed by atoms with E-state index in [0.717, 1.165) is 26.1 Å². The van der Waals surface area contributed by atoms with E-state index in [1.54, 1.807) is 41.3 Å². The first-order chi connectivity index (χ1) is 17.1. The molecule has 1 saturated heterocycles. The van der Waals surface area contributed by atoms with E-state index in [2.05, 4.69) is 33.5 Å². The van der Waals surface area contributed by atoms with Crippen molar-refractivity contribution in [2.24, 2.45) is 0 Å². The van der Waals surface area contributed by atoms with Crippen LogP contribution in [-0.2, 0) is 10.5 Å². The third-order valence-electron chi connectivity index (χ3n) is 7.04. The van der Waals surface area contributed by atoms with Crippen LogP contribution in [0, 0.1) is 11.6 Å². The SMILES string of the molecule is OC1=CC=CN2C1=CN1CCOC[C@H]1N2[C@@H]1c2ccc(F)c(F)c2CSc2c1ccc1sccc21. The summed E-state index contributed by atoms with van der Waals surface area (Å²) in [6.45, 7) is 1.69. The van der Waals surface area contributed by atoms with Crippen molar-refractivity contribution in [3.05, 3.63) is 100 Å². The number of thioether (sulfide) groups is 1. The number of hydrazine groups is 1. The Morgan fingerprint density at radius 3 is 2.89 bits per heavy atom. The fourth-order valence-electron chi connectivity index (χ4n) is 5.42. The molecule has 4 aliphatic rings. The molecule has 0 saturated carbocycles. The van der Waals surface area contributed by atoms with Crippen LogP contribution >= 0.6 is 23.1 Å². The normalized spacial score (nSPS) is 23.7. The van der Waals surface area contributed by atoms with E-state index < -0.39 is 17.7 Å². The zero-order valence-corrected chi connectivity index (χ0v) is 20.2. The standard InChI is InChI=1S/C26H21F2N3O2S2/c27-19-5-3-15-18(24(19)28)14-35-26-16-7-11-34-22(16)6-4-17(26)25(15)31-23-13-33-10-9-29(23)12-20-21(32)2-1-8-30(20)31/h1-8,11-12,23,25,32H,9-10,13-14H2/t23-,25-/m1/s1. The number of benzene rings is 2. The number of ether oxygens (including phenoxy) is 1. The Hall–Kier alpha value is -2.85. The lowest BCUT2D eigenvalue weighted by molar-refractivity contribution is -0.149. The summed E-state index contributed by atoms with van der Waals surface area (Å²) < 4.78 is 36.8. The molecule has 1 N–H and O–H groups in total. The Morgan fingerprint density at radius 1 is 1.09 bits per heavy atom. The minimum Gasteiger partial charge on any atom is -0.506 e. The van der Waals surface area contributed by atoms with Gasteiger partial charge in [0.05, 0.1) is 19.3 Å². The average molecular weight is 510 g/mol. The van der Waals surface area contributed by atoms with Crippen LogP contribution in [0.5, 0.6) is 0 Å². The number of thiophene rings is 1. The second kappa shape index (κ2) is 8.09. The molecule has 4 aliphatic heterocycles. The maximum absolute atomic E-state index is 15.3. The number of rotatable bonds is 1.